The molecule has 0 bridgehead atoms. The van der Waals surface area contributed by atoms with Crippen molar-refractivity contribution >= 4 is 5.97 Å². The second-order valence-electron chi connectivity index (χ2n) is 1.84. The Hall–Kier alpha value is -1.81. The number of nitrogens with zero attached hydrogens (tertiary/aromatic N) is 2. The fraction of sp³-hybridized carbons (Fsp3) is 0.400. The lowest BCUT2D eigenvalue weighted by Crippen LogP contribution is -2.34. The van der Waals surface area contributed by atoms with Gasteiger partial charge in [-0.15, -0.1) is 0 Å². The molecule has 0 saturated heterocycles. The second-order valence-corrected chi connectivity index (χ2v) is 1.84. The Balaban J connectivity index is 3.78. The number of hydrogen-bond acceptors (Lipinski definition) is 5. The van der Waals surface area contributed by atoms with E-state index in [0.29, 0.717) is 6.20 Å². The van der Waals surface area contributed by atoms with Gasteiger partial charge in [0.25, 0.3) is 0 Å². The third kappa shape index (κ3) is 4.08. The lowest BCUT2D eigenvalue weighted by atomic mass is 10.3. The Morgan fingerprint density at radius 3 is 2.75 bits per heavy atom. The van der Waals surface area contributed by atoms with Crippen LogP contribution in [0.4, 0.5) is 0 Å². The van der Waals surface area contributed by atoms with Gasteiger partial charge in [0.2, 0.25) is 5.39 Å². The number of aliphatic hydroxyl groups is 1. The van der Waals surface area contributed by atoms with Gasteiger partial charge < -0.3 is 20.7 Å². The molecule has 0 aliphatic rings. The van der Waals surface area contributed by atoms with Gasteiger partial charge >= 0.3 is 18.1 Å². The molecule has 0 spiro atoms. The minimum Gasteiger partial charge on any atom is -0.480 e. The molecule has 0 amide bonds. The zero-order valence-corrected chi connectivity index (χ0v) is 6.04. The summed E-state index contributed by atoms with van der Waals surface area (Å²) >= 11 is 0. The molecule has 1 atom stereocenters. The van der Waals surface area contributed by atoms with Crippen LogP contribution in [0.1, 0.15) is 0 Å². The van der Waals surface area contributed by atoms with E-state index >= 15 is 0 Å². The Morgan fingerprint density at radius 1 is 1.75 bits per heavy atom. The summed E-state index contributed by atoms with van der Waals surface area (Å²) in [7, 11) is 0. The third-order valence-electron chi connectivity index (χ3n) is 0.896. The van der Waals surface area contributed by atoms with Gasteiger partial charge in [-0.25, -0.2) is 0 Å². The minimum absolute atomic E-state index is 0.396. The van der Waals surface area contributed by atoms with Crippen molar-refractivity contribution < 1.29 is 19.7 Å². The Kier molecular flexibility index (Phi) is 4.18. The first-order valence-electron chi connectivity index (χ1n) is 2.92. The first kappa shape index (κ1) is 10.2. The summed E-state index contributed by atoms with van der Waals surface area (Å²) in [4.78, 5) is 12.5. The van der Waals surface area contributed by atoms with Gasteiger partial charge in [0, 0.05) is 0 Å². The number of hydrogen-bond donors (Lipinski definition) is 3. The smallest absolute Gasteiger partial charge is 0.429 e. The molecule has 0 aliphatic carbocycles. The average Bonchev–Trinajstić information content (AvgIpc) is 2.00. The molecule has 7 heteroatoms. The van der Waals surface area contributed by atoms with Crippen molar-refractivity contribution in [3.63, 3.8) is 0 Å². The lowest BCUT2D eigenvalue weighted by molar-refractivity contribution is -0.139. The van der Waals surface area contributed by atoms with Crippen molar-refractivity contribution in [3.05, 3.63) is 17.1 Å². The number of ether oxygens (including phenoxy) is 1. The number of carboxylic acids is 1. The molecule has 0 fully saturated rings. The maximum Gasteiger partial charge on any atom is 0.429 e. The first-order chi connectivity index (χ1) is 5.57. The van der Waals surface area contributed by atoms with E-state index < -0.39 is 24.6 Å². The fourth-order valence-electron chi connectivity index (χ4n) is 0.333. The van der Waals surface area contributed by atoms with Crippen LogP contribution in [0.25, 0.3) is 4.98 Å². The highest BCUT2D eigenvalue weighted by atomic mass is 16.6. The summed E-state index contributed by atoms with van der Waals surface area (Å²) in [5.74, 6) is -1.95. The van der Waals surface area contributed by atoms with Crippen LogP contribution in [0.3, 0.4) is 0 Å². The van der Waals surface area contributed by atoms with Crippen LogP contribution in [0.2, 0.25) is 0 Å². The molecule has 0 heterocycles. The van der Waals surface area contributed by atoms with Crippen molar-refractivity contribution in [2.24, 2.45) is 5.73 Å². The number of carboxylic acid groups (broad SMARTS) is 1. The lowest BCUT2D eigenvalue weighted by Gasteiger charge is -2.04. The predicted molar refractivity (Wildman–Crippen MR) is 37.4 cm³/mol. The quantitative estimate of drug-likeness (QED) is 0.394. The normalized spacial score (nSPS) is 13.2. The van der Waals surface area contributed by atoms with Gasteiger partial charge in [0.05, 0.1) is 0 Å². The molecule has 0 rings (SSSR count). The molecule has 0 radical (unpaired) electrons. The predicted octanol–water partition coefficient (Wildman–Crippen LogP) is -0.375. The van der Waals surface area contributed by atoms with Gasteiger partial charge in [-0.2, -0.15) is 0 Å². The Labute approximate surface area is 67.7 Å². The van der Waals surface area contributed by atoms with Gasteiger partial charge in [0.15, 0.2) is 4.98 Å². The number of nitrogens with two attached hydrogens (primary N) is 1. The molecule has 0 aliphatic heterocycles. The molecule has 0 aromatic rings. The van der Waals surface area contributed by atoms with Crippen molar-refractivity contribution in [1.29, 1.82) is 5.39 Å². The van der Waals surface area contributed by atoms with Crippen LogP contribution < -0.4 is 5.73 Å². The molecule has 66 valence electrons. The van der Waals surface area contributed by atoms with E-state index in [1.54, 1.807) is 0 Å². The van der Waals surface area contributed by atoms with Crippen LogP contribution in [0.15, 0.2) is 12.1 Å². The van der Waals surface area contributed by atoms with E-state index in [9.17, 15) is 4.79 Å². The van der Waals surface area contributed by atoms with E-state index in [1.807, 2.05) is 0 Å². The van der Waals surface area contributed by atoms with Crippen molar-refractivity contribution in [1.82, 2.24) is 0 Å². The van der Waals surface area contributed by atoms with Crippen LogP contribution in [0.5, 0.6) is 0 Å². The molecular formula is C5H8N3O4+. The standard InChI is InChI=1S/C5H7N3O4/c6-3(5(10)11)2-12-4(9)1-8-7/h1,3H,2,6H2,(H-,9,10,11)/p+1/t3-/m1/s1. The van der Waals surface area contributed by atoms with Crippen molar-refractivity contribution in [2.45, 2.75) is 6.04 Å². The zero-order chi connectivity index (χ0) is 9.56. The van der Waals surface area contributed by atoms with E-state index in [0.717, 1.165) is 0 Å². The van der Waals surface area contributed by atoms with E-state index in [4.69, 9.17) is 21.3 Å². The molecular weight excluding hydrogens is 166 g/mol. The highest BCUT2D eigenvalue weighted by molar-refractivity contribution is 5.73. The second kappa shape index (κ2) is 4.92. The van der Waals surface area contributed by atoms with E-state index in [1.165, 1.54) is 0 Å². The third-order valence-corrected chi connectivity index (χ3v) is 0.896. The summed E-state index contributed by atoms with van der Waals surface area (Å²) < 4.78 is 4.36. The minimum atomic E-state index is -1.25. The monoisotopic (exact) mass is 174 g/mol. The molecule has 0 unspecified atom stereocenters. The number of carbonyl (C=O) groups is 1. The highest BCUT2D eigenvalue weighted by Gasteiger charge is 2.13. The van der Waals surface area contributed by atoms with Gasteiger partial charge in [-0.3, -0.25) is 4.79 Å². The van der Waals surface area contributed by atoms with Gasteiger partial charge in [-0.1, -0.05) is 0 Å². The molecule has 4 N–H and O–H groups in total. The average molecular weight is 174 g/mol. The molecule has 0 aromatic heterocycles. The summed E-state index contributed by atoms with van der Waals surface area (Å²) in [6.45, 7) is -0.396. The number of rotatable bonds is 4. The number of aliphatic hydroxyl groups excluding tert-OH is 1. The summed E-state index contributed by atoms with van der Waals surface area (Å²) in [6, 6.07) is -1.22. The van der Waals surface area contributed by atoms with Crippen LogP contribution in [0, 0.1) is 5.39 Å². The number of aliphatic carboxylic acids is 1. The van der Waals surface area contributed by atoms with E-state index in [-0.39, 0.29) is 0 Å². The van der Waals surface area contributed by atoms with Crippen molar-refractivity contribution in [2.75, 3.05) is 6.61 Å². The summed E-state index contributed by atoms with van der Waals surface area (Å²) in [5.41, 5.74) is 5.00. The van der Waals surface area contributed by atoms with Crippen LogP contribution >= 0.6 is 0 Å². The topological polar surface area (TPSA) is 121 Å². The first-order valence-corrected chi connectivity index (χ1v) is 2.92. The van der Waals surface area contributed by atoms with Crippen LogP contribution in [-0.4, -0.2) is 28.8 Å². The fourth-order valence-corrected chi connectivity index (χ4v) is 0.333. The Bertz CT molecular complexity index is 231. The largest absolute Gasteiger partial charge is 0.480 e. The maximum atomic E-state index is 10.1. The molecule has 12 heavy (non-hydrogen) atoms. The van der Waals surface area contributed by atoms with Gasteiger partial charge in [0.1, 0.15) is 12.6 Å². The van der Waals surface area contributed by atoms with Gasteiger partial charge in [-0.05, 0) is 0 Å². The summed E-state index contributed by atoms with van der Waals surface area (Å²) in [6.07, 6.45) is 0.606. The van der Waals surface area contributed by atoms with E-state index in [2.05, 4.69) is 9.71 Å². The molecule has 7 nitrogen and oxygen atoms in total. The zero-order valence-electron chi connectivity index (χ0n) is 6.04. The maximum absolute atomic E-state index is 10.1. The number of diazo groups is 1. The molecule has 0 aromatic carbocycles. The Morgan fingerprint density at radius 2 is 2.33 bits per heavy atom. The highest BCUT2D eigenvalue weighted by Crippen LogP contribution is 1.93. The summed E-state index contributed by atoms with van der Waals surface area (Å²) in [5, 5.41) is 24.7. The molecule has 0 saturated carbocycles. The SMILES string of the molecule is N#[N+]C=C(O)OC[C@@H](N)C(=O)O. The van der Waals surface area contributed by atoms with Crippen LogP contribution in [-0.2, 0) is 9.53 Å². The van der Waals surface area contributed by atoms with Crippen molar-refractivity contribution in [3.8, 4) is 0 Å².